The number of ether oxygens (including phenoxy) is 1. The van der Waals surface area contributed by atoms with Crippen LogP contribution in [0.5, 0.6) is 0 Å². The first-order valence-electron chi connectivity index (χ1n) is 16.2. The zero-order chi connectivity index (χ0) is 29.0. The Hall–Kier alpha value is -2.61. The van der Waals surface area contributed by atoms with Gasteiger partial charge >= 0.3 is 5.97 Å². The summed E-state index contributed by atoms with van der Waals surface area (Å²) in [5.74, 6) is -0.0603. The molecule has 224 valence electrons. The molecule has 0 rings (SSSR count). The number of carbonyl (C=O) groups is 1. The van der Waals surface area contributed by atoms with Gasteiger partial charge in [0.25, 0.3) is 0 Å². The zero-order valence-corrected chi connectivity index (χ0v) is 26.0. The smallest absolute Gasteiger partial charge is 0.305 e. The van der Waals surface area contributed by atoms with Crippen LogP contribution in [0.15, 0.2) is 97.2 Å². The van der Waals surface area contributed by atoms with Crippen LogP contribution in [0.1, 0.15) is 129 Å². The molecule has 0 saturated heterocycles. The molecule has 0 N–H and O–H groups in total. The minimum Gasteiger partial charge on any atom is -0.466 e. The number of unbranched alkanes of at least 4 members (excludes halogenated alkanes) is 7. The highest BCUT2D eigenvalue weighted by atomic mass is 16.5. The van der Waals surface area contributed by atoms with Gasteiger partial charge in [0.15, 0.2) is 0 Å². The summed E-state index contributed by atoms with van der Waals surface area (Å²) in [7, 11) is 0. The second-order valence-electron chi connectivity index (χ2n) is 10.1. The second kappa shape index (κ2) is 34.4. The van der Waals surface area contributed by atoms with Crippen LogP contribution < -0.4 is 0 Å². The lowest BCUT2D eigenvalue weighted by Crippen LogP contribution is -2.05. The topological polar surface area (TPSA) is 26.3 Å². The maximum absolute atomic E-state index is 11.9. The van der Waals surface area contributed by atoms with Crippen LogP contribution >= 0.6 is 0 Å². The number of carbonyl (C=O) groups excluding carboxylic acids is 1. The SMILES string of the molecule is CC/C=C\C/C=C\C/C=C\C/C=C\C/C=C\CCCC(=O)OCCCCC/C=C\C/C=C\C/C=C\CCCCC. The lowest BCUT2D eigenvalue weighted by atomic mass is 10.2. The maximum Gasteiger partial charge on any atom is 0.305 e. The van der Waals surface area contributed by atoms with Gasteiger partial charge in [-0.05, 0) is 96.3 Å². The second-order valence-corrected chi connectivity index (χ2v) is 10.1. The molecule has 0 bridgehead atoms. The average Bonchev–Trinajstić information content (AvgIpc) is 2.96. The summed E-state index contributed by atoms with van der Waals surface area (Å²) in [5, 5.41) is 0. The van der Waals surface area contributed by atoms with Gasteiger partial charge < -0.3 is 4.74 Å². The quantitative estimate of drug-likeness (QED) is 0.0579. The predicted octanol–water partition coefficient (Wildman–Crippen LogP) is 12.0. The Labute approximate surface area is 248 Å². The molecule has 0 spiro atoms. The minimum atomic E-state index is -0.0603. The van der Waals surface area contributed by atoms with E-state index >= 15 is 0 Å². The van der Waals surface area contributed by atoms with E-state index in [9.17, 15) is 4.79 Å². The Bertz CT molecular complexity index is 773. The average molecular weight is 549 g/mol. The van der Waals surface area contributed by atoms with Gasteiger partial charge in [0.05, 0.1) is 6.61 Å². The van der Waals surface area contributed by atoms with Gasteiger partial charge in [-0.3, -0.25) is 4.79 Å². The molecular formula is C38H60O2. The molecule has 0 fully saturated rings. The molecule has 2 nitrogen and oxygen atoms in total. The highest BCUT2D eigenvalue weighted by molar-refractivity contribution is 5.69. The van der Waals surface area contributed by atoms with Crippen LogP contribution in [0.25, 0.3) is 0 Å². The summed E-state index contributed by atoms with van der Waals surface area (Å²) in [4.78, 5) is 11.9. The fourth-order valence-corrected chi connectivity index (χ4v) is 3.82. The van der Waals surface area contributed by atoms with E-state index in [4.69, 9.17) is 4.74 Å². The van der Waals surface area contributed by atoms with Crippen LogP contribution in [0, 0.1) is 0 Å². The Balaban J connectivity index is 3.49. The number of hydrogen-bond donors (Lipinski definition) is 0. The molecule has 0 aromatic carbocycles. The van der Waals surface area contributed by atoms with Crippen molar-refractivity contribution in [1.82, 2.24) is 0 Å². The minimum absolute atomic E-state index is 0.0603. The monoisotopic (exact) mass is 548 g/mol. The van der Waals surface area contributed by atoms with E-state index in [0.717, 1.165) is 83.5 Å². The normalized spacial score (nSPS) is 12.9. The maximum atomic E-state index is 11.9. The van der Waals surface area contributed by atoms with Crippen LogP contribution in [-0.2, 0) is 9.53 Å². The summed E-state index contributed by atoms with van der Waals surface area (Å²) in [6, 6.07) is 0. The van der Waals surface area contributed by atoms with Crippen molar-refractivity contribution in [3.63, 3.8) is 0 Å². The van der Waals surface area contributed by atoms with Crippen molar-refractivity contribution in [3.8, 4) is 0 Å². The van der Waals surface area contributed by atoms with Crippen molar-refractivity contribution in [1.29, 1.82) is 0 Å². The van der Waals surface area contributed by atoms with Gasteiger partial charge in [-0.15, -0.1) is 0 Å². The molecule has 0 aromatic rings. The highest BCUT2D eigenvalue weighted by Gasteiger charge is 2.01. The van der Waals surface area contributed by atoms with Gasteiger partial charge in [0.2, 0.25) is 0 Å². The van der Waals surface area contributed by atoms with Crippen LogP contribution in [0.4, 0.5) is 0 Å². The fourth-order valence-electron chi connectivity index (χ4n) is 3.82. The van der Waals surface area contributed by atoms with Crippen molar-refractivity contribution < 1.29 is 9.53 Å². The first-order chi connectivity index (χ1) is 19.8. The highest BCUT2D eigenvalue weighted by Crippen LogP contribution is 2.05. The zero-order valence-electron chi connectivity index (χ0n) is 26.0. The largest absolute Gasteiger partial charge is 0.466 e. The Kier molecular flexibility index (Phi) is 32.2. The molecule has 0 unspecified atom stereocenters. The van der Waals surface area contributed by atoms with Crippen molar-refractivity contribution in [3.05, 3.63) is 97.2 Å². The predicted molar refractivity (Wildman–Crippen MR) is 179 cm³/mol. The van der Waals surface area contributed by atoms with Crippen molar-refractivity contribution >= 4 is 5.97 Å². The number of esters is 1. The molecule has 0 atom stereocenters. The van der Waals surface area contributed by atoms with Crippen LogP contribution in [0.2, 0.25) is 0 Å². The van der Waals surface area contributed by atoms with Gasteiger partial charge in [-0.1, -0.05) is 124 Å². The molecule has 0 amide bonds. The van der Waals surface area contributed by atoms with E-state index in [-0.39, 0.29) is 5.97 Å². The Morgan fingerprint density at radius 3 is 1.30 bits per heavy atom. The van der Waals surface area contributed by atoms with Crippen LogP contribution in [-0.4, -0.2) is 12.6 Å². The van der Waals surface area contributed by atoms with E-state index in [1.807, 2.05) is 0 Å². The van der Waals surface area contributed by atoms with Crippen LogP contribution in [0.3, 0.4) is 0 Å². The summed E-state index contributed by atoms with van der Waals surface area (Å²) < 4.78 is 5.37. The molecule has 0 saturated carbocycles. The molecule has 0 aliphatic heterocycles. The summed E-state index contributed by atoms with van der Waals surface area (Å²) in [6.45, 7) is 4.96. The summed E-state index contributed by atoms with van der Waals surface area (Å²) in [5.41, 5.74) is 0. The van der Waals surface area contributed by atoms with Gasteiger partial charge in [0.1, 0.15) is 0 Å². The van der Waals surface area contributed by atoms with Gasteiger partial charge in [-0.2, -0.15) is 0 Å². The van der Waals surface area contributed by atoms with E-state index in [0.29, 0.717) is 13.0 Å². The Morgan fingerprint density at radius 1 is 0.450 bits per heavy atom. The number of hydrogen-bond acceptors (Lipinski definition) is 2. The first kappa shape index (κ1) is 37.4. The van der Waals surface area contributed by atoms with Gasteiger partial charge in [-0.25, -0.2) is 0 Å². The molecule has 40 heavy (non-hydrogen) atoms. The molecule has 0 aliphatic rings. The number of allylic oxidation sites excluding steroid dienone is 16. The third-order valence-electron chi connectivity index (χ3n) is 6.21. The fraction of sp³-hybridized carbons (Fsp3) is 0.553. The summed E-state index contributed by atoms with van der Waals surface area (Å²) in [6.07, 6.45) is 54.5. The molecule has 0 aliphatic carbocycles. The van der Waals surface area contributed by atoms with Crippen molar-refractivity contribution in [2.24, 2.45) is 0 Å². The third kappa shape index (κ3) is 33.4. The molecule has 0 radical (unpaired) electrons. The third-order valence-corrected chi connectivity index (χ3v) is 6.21. The van der Waals surface area contributed by atoms with E-state index in [1.165, 1.54) is 25.7 Å². The number of rotatable bonds is 27. The van der Waals surface area contributed by atoms with E-state index in [1.54, 1.807) is 0 Å². The lowest BCUT2D eigenvalue weighted by Gasteiger charge is -2.03. The van der Waals surface area contributed by atoms with E-state index < -0.39 is 0 Å². The first-order valence-corrected chi connectivity index (χ1v) is 16.2. The molecule has 0 heterocycles. The van der Waals surface area contributed by atoms with Gasteiger partial charge in [0, 0.05) is 6.42 Å². The standard InChI is InChI=1S/C38H60O2/c1-3-5-7-9-11-13-15-17-19-21-22-24-26-28-30-32-34-36-38(39)40-37-35-33-31-29-27-25-23-20-18-16-14-12-10-8-6-4-2/h5,7,11-14,17-20,22,24-25,27-28,30H,3-4,6,8-10,15-16,21,23,26,29,31-37H2,1-2H3/b7-5-,13-11-,14-12-,19-17-,20-18-,24-22-,27-25-,30-28-. The molecule has 2 heteroatoms. The Morgan fingerprint density at radius 2 is 0.850 bits per heavy atom. The van der Waals surface area contributed by atoms with Crippen molar-refractivity contribution in [2.45, 2.75) is 129 Å². The van der Waals surface area contributed by atoms with E-state index in [2.05, 4.69) is 111 Å². The van der Waals surface area contributed by atoms with Crippen molar-refractivity contribution in [2.75, 3.05) is 6.61 Å². The lowest BCUT2D eigenvalue weighted by molar-refractivity contribution is -0.143. The molecule has 0 aromatic heterocycles. The molecular weight excluding hydrogens is 488 g/mol. The summed E-state index contributed by atoms with van der Waals surface area (Å²) >= 11 is 0.